The lowest BCUT2D eigenvalue weighted by Gasteiger charge is -2.25. The van der Waals surface area contributed by atoms with E-state index in [0.29, 0.717) is 17.8 Å². The van der Waals surface area contributed by atoms with Crippen molar-refractivity contribution in [2.75, 3.05) is 13.1 Å². The Kier molecular flexibility index (Phi) is 4.50. The standard InChI is InChI=1S/C14H24N6O/c15-10-3-5-12(6-4-10)20-9-13(18-19-20)14(21)17-11-2-1-7-16-8-11/h9-12,16H,1-8,15H2,(H,17,21)/t10?,11-,12?/m0/s1. The minimum atomic E-state index is -0.123. The van der Waals surface area contributed by atoms with Crippen molar-refractivity contribution in [1.29, 1.82) is 0 Å². The van der Waals surface area contributed by atoms with Gasteiger partial charge in [0, 0.05) is 18.6 Å². The number of carbonyl (C=O) groups excluding carboxylic acids is 1. The first-order chi connectivity index (χ1) is 10.2. The average molecular weight is 292 g/mol. The summed E-state index contributed by atoms with van der Waals surface area (Å²) in [5.74, 6) is -0.123. The van der Waals surface area contributed by atoms with E-state index >= 15 is 0 Å². The summed E-state index contributed by atoms with van der Waals surface area (Å²) in [6, 6.07) is 0.839. The number of hydrogen-bond acceptors (Lipinski definition) is 5. The molecule has 0 aromatic carbocycles. The first-order valence-electron chi connectivity index (χ1n) is 7.91. The molecule has 0 unspecified atom stereocenters. The number of nitrogens with one attached hydrogen (secondary N) is 2. The molecule has 2 heterocycles. The van der Waals surface area contributed by atoms with Crippen molar-refractivity contribution in [2.45, 2.75) is 56.7 Å². The van der Waals surface area contributed by atoms with Crippen LogP contribution in [0.3, 0.4) is 0 Å². The van der Waals surface area contributed by atoms with E-state index in [4.69, 9.17) is 5.73 Å². The molecular formula is C14H24N6O. The van der Waals surface area contributed by atoms with E-state index < -0.39 is 0 Å². The number of amides is 1. The summed E-state index contributed by atoms with van der Waals surface area (Å²) in [5, 5.41) is 14.5. The average Bonchev–Trinajstić information content (AvgIpc) is 2.99. The monoisotopic (exact) mass is 292 g/mol. The van der Waals surface area contributed by atoms with E-state index in [0.717, 1.165) is 51.6 Å². The quantitative estimate of drug-likeness (QED) is 0.739. The number of carbonyl (C=O) groups is 1. The Balaban J connectivity index is 1.57. The van der Waals surface area contributed by atoms with E-state index in [2.05, 4.69) is 20.9 Å². The van der Waals surface area contributed by atoms with E-state index in [-0.39, 0.29) is 11.9 Å². The fourth-order valence-electron chi connectivity index (χ4n) is 3.16. The van der Waals surface area contributed by atoms with Crippen LogP contribution in [0.2, 0.25) is 0 Å². The molecule has 1 aromatic heterocycles. The van der Waals surface area contributed by atoms with Crippen LogP contribution in [0.25, 0.3) is 0 Å². The maximum atomic E-state index is 12.2. The maximum Gasteiger partial charge on any atom is 0.273 e. The highest BCUT2D eigenvalue weighted by Crippen LogP contribution is 2.26. The number of aromatic nitrogens is 3. The SMILES string of the molecule is NC1CCC(n2cc(C(=O)N[C@H]3CCCNC3)nn2)CC1. The van der Waals surface area contributed by atoms with Crippen LogP contribution in [-0.2, 0) is 0 Å². The van der Waals surface area contributed by atoms with E-state index in [1.165, 1.54) is 0 Å². The zero-order chi connectivity index (χ0) is 14.7. The lowest BCUT2D eigenvalue weighted by molar-refractivity contribution is 0.0925. The molecule has 1 saturated carbocycles. The fraction of sp³-hybridized carbons (Fsp3) is 0.786. The van der Waals surface area contributed by atoms with Crippen LogP contribution < -0.4 is 16.4 Å². The number of rotatable bonds is 3. The van der Waals surface area contributed by atoms with Gasteiger partial charge in [0.1, 0.15) is 0 Å². The molecular weight excluding hydrogens is 268 g/mol. The predicted molar refractivity (Wildman–Crippen MR) is 78.9 cm³/mol. The smallest absolute Gasteiger partial charge is 0.273 e. The van der Waals surface area contributed by atoms with Gasteiger partial charge in [-0.3, -0.25) is 4.79 Å². The van der Waals surface area contributed by atoms with Crippen molar-refractivity contribution in [3.63, 3.8) is 0 Å². The first kappa shape index (κ1) is 14.5. The Morgan fingerprint density at radius 2 is 2.14 bits per heavy atom. The molecule has 1 atom stereocenters. The highest BCUT2D eigenvalue weighted by Gasteiger charge is 2.23. The number of nitrogens with zero attached hydrogens (tertiary/aromatic N) is 3. The van der Waals surface area contributed by atoms with Crippen molar-refractivity contribution in [2.24, 2.45) is 5.73 Å². The Morgan fingerprint density at radius 1 is 1.33 bits per heavy atom. The largest absolute Gasteiger partial charge is 0.347 e. The van der Waals surface area contributed by atoms with Gasteiger partial charge in [-0.25, -0.2) is 4.68 Å². The zero-order valence-electron chi connectivity index (χ0n) is 12.3. The third-order valence-electron chi connectivity index (χ3n) is 4.49. The van der Waals surface area contributed by atoms with E-state index in [1.54, 1.807) is 6.20 Å². The molecule has 0 bridgehead atoms. The third kappa shape index (κ3) is 3.59. The minimum absolute atomic E-state index is 0.123. The second kappa shape index (κ2) is 6.53. The molecule has 21 heavy (non-hydrogen) atoms. The van der Waals surface area contributed by atoms with Gasteiger partial charge in [-0.1, -0.05) is 5.21 Å². The molecule has 3 rings (SSSR count). The summed E-state index contributed by atoms with van der Waals surface area (Å²) >= 11 is 0. The van der Waals surface area contributed by atoms with Gasteiger partial charge in [0.15, 0.2) is 5.69 Å². The van der Waals surface area contributed by atoms with Crippen molar-refractivity contribution in [1.82, 2.24) is 25.6 Å². The molecule has 2 aliphatic rings. The normalized spacial score (nSPS) is 30.0. The Morgan fingerprint density at radius 3 is 2.86 bits per heavy atom. The van der Waals surface area contributed by atoms with Crippen LogP contribution in [-0.4, -0.2) is 46.1 Å². The summed E-state index contributed by atoms with van der Waals surface area (Å²) in [7, 11) is 0. The van der Waals surface area contributed by atoms with Crippen LogP contribution >= 0.6 is 0 Å². The molecule has 2 fully saturated rings. The lowest BCUT2D eigenvalue weighted by atomic mass is 9.92. The maximum absolute atomic E-state index is 12.2. The van der Waals surface area contributed by atoms with Crippen molar-refractivity contribution >= 4 is 5.91 Å². The summed E-state index contributed by atoms with van der Waals surface area (Å²) in [5.41, 5.74) is 6.33. The molecule has 1 amide bonds. The van der Waals surface area contributed by atoms with Crippen LogP contribution in [0.15, 0.2) is 6.20 Å². The van der Waals surface area contributed by atoms with Crippen molar-refractivity contribution in [3.8, 4) is 0 Å². The second-order valence-corrected chi connectivity index (χ2v) is 6.17. The van der Waals surface area contributed by atoms with Gasteiger partial charge in [0.25, 0.3) is 5.91 Å². The predicted octanol–water partition coefficient (Wildman–Crippen LogP) is 0.202. The molecule has 1 saturated heterocycles. The number of piperidine rings is 1. The van der Waals surface area contributed by atoms with Crippen LogP contribution in [0.1, 0.15) is 55.1 Å². The molecule has 116 valence electrons. The highest BCUT2D eigenvalue weighted by molar-refractivity contribution is 5.92. The van der Waals surface area contributed by atoms with Gasteiger partial charge < -0.3 is 16.4 Å². The molecule has 1 aliphatic carbocycles. The summed E-state index contributed by atoms with van der Waals surface area (Å²) < 4.78 is 1.83. The first-order valence-corrected chi connectivity index (χ1v) is 7.91. The molecule has 7 heteroatoms. The van der Waals surface area contributed by atoms with Gasteiger partial charge in [0.05, 0.1) is 12.2 Å². The van der Waals surface area contributed by atoms with Gasteiger partial charge >= 0.3 is 0 Å². The molecule has 7 nitrogen and oxygen atoms in total. The summed E-state index contributed by atoms with van der Waals surface area (Å²) in [6.07, 6.45) is 7.94. The molecule has 0 spiro atoms. The van der Waals surface area contributed by atoms with Crippen molar-refractivity contribution in [3.05, 3.63) is 11.9 Å². The molecule has 1 aromatic rings. The minimum Gasteiger partial charge on any atom is -0.347 e. The van der Waals surface area contributed by atoms with E-state index in [1.807, 2.05) is 4.68 Å². The topological polar surface area (TPSA) is 97.9 Å². The van der Waals surface area contributed by atoms with Gasteiger partial charge in [-0.15, -0.1) is 5.10 Å². The van der Waals surface area contributed by atoms with Gasteiger partial charge in [0.2, 0.25) is 0 Å². The number of hydrogen-bond donors (Lipinski definition) is 3. The Labute approximate surface area is 124 Å². The van der Waals surface area contributed by atoms with Gasteiger partial charge in [-0.2, -0.15) is 0 Å². The zero-order valence-corrected chi connectivity index (χ0v) is 12.3. The fourth-order valence-corrected chi connectivity index (χ4v) is 3.16. The highest BCUT2D eigenvalue weighted by atomic mass is 16.2. The van der Waals surface area contributed by atoms with E-state index in [9.17, 15) is 4.79 Å². The van der Waals surface area contributed by atoms with Crippen LogP contribution in [0.4, 0.5) is 0 Å². The van der Waals surface area contributed by atoms with Crippen LogP contribution in [0.5, 0.6) is 0 Å². The molecule has 1 aliphatic heterocycles. The van der Waals surface area contributed by atoms with Gasteiger partial charge in [-0.05, 0) is 45.1 Å². The lowest BCUT2D eigenvalue weighted by Crippen LogP contribution is -2.45. The summed E-state index contributed by atoms with van der Waals surface area (Å²) in [6.45, 7) is 1.87. The summed E-state index contributed by atoms with van der Waals surface area (Å²) in [4.78, 5) is 12.2. The molecule has 0 radical (unpaired) electrons. The number of nitrogens with two attached hydrogens (primary N) is 1. The molecule has 4 N–H and O–H groups in total. The second-order valence-electron chi connectivity index (χ2n) is 6.17. The Hall–Kier alpha value is -1.47. The van der Waals surface area contributed by atoms with Crippen LogP contribution in [0, 0.1) is 0 Å². The van der Waals surface area contributed by atoms with Crippen molar-refractivity contribution < 1.29 is 4.79 Å². The Bertz CT molecular complexity index is 474. The third-order valence-corrected chi connectivity index (χ3v) is 4.49.